The van der Waals surface area contributed by atoms with E-state index in [1.807, 2.05) is 30.3 Å². The summed E-state index contributed by atoms with van der Waals surface area (Å²) >= 11 is 0. The number of aliphatic hydroxyl groups is 1. The van der Waals surface area contributed by atoms with Crippen LogP contribution in [-0.4, -0.2) is 24.3 Å². The van der Waals surface area contributed by atoms with Crippen molar-refractivity contribution >= 4 is 5.97 Å². The number of aliphatic hydroxyl groups excluding tert-OH is 1. The Hall–Kier alpha value is -1.35. The summed E-state index contributed by atoms with van der Waals surface area (Å²) in [4.78, 5) is 11.4. The highest BCUT2D eigenvalue weighted by molar-refractivity contribution is 5.72. The molecule has 1 rings (SSSR count). The number of hydrogen-bond acceptors (Lipinski definition) is 3. The molecule has 0 bridgehead atoms. The second kappa shape index (κ2) is 8.76. The van der Waals surface area contributed by atoms with Crippen molar-refractivity contribution in [1.82, 2.24) is 0 Å². The van der Waals surface area contributed by atoms with Crippen LogP contribution in [0.4, 0.5) is 0 Å². The van der Waals surface area contributed by atoms with E-state index in [2.05, 4.69) is 0 Å². The van der Waals surface area contributed by atoms with Crippen LogP contribution in [0.15, 0.2) is 30.3 Å². The minimum absolute atomic E-state index is 0.168. The number of carbonyl (C=O) groups is 1. The van der Waals surface area contributed by atoms with Crippen molar-refractivity contribution in [2.24, 2.45) is 0 Å². The summed E-state index contributed by atoms with van der Waals surface area (Å²) < 4.78 is 5.12. The first-order valence-electron chi connectivity index (χ1n) is 6.13. The summed E-state index contributed by atoms with van der Waals surface area (Å²) in [6.07, 6.45) is 4.04. The Labute approximate surface area is 102 Å². The van der Waals surface area contributed by atoms with Crippen molar-refractivity contribution in [3.63, 3.8) is 0 Å². The Bertz CT molecular complexity index is 309. The van der Waals surface area contributed by atoms with Gasteiger partial charge >= 0.3 is 5.97 Å². The van der Waals surface area contributed by atoms with Gasteiger partial charge in [0.2, 0.25) is 0 Å². The zero-order valence-electron chi connectivity index (χ0n) is 10.1. The van der Waals surface area contributed by atoms with E-state index in [4.69, 9.17) is 9.84 Å². The third-order valence-electron chi connectivity index (χ3n) is 2.51. The summed E-state index contributed by atoms with van der Waals surface area (Å²) in [7, 11) is 0. The van der Waals surface area contributed by atoms with Gasteiger partial charge in [0.25, 0.3) is 0 Å². The molecule has 0 atom stereocenters. The molecule has 1 aromatic rings. The predicted octanol–water partition coefficient (Wildman–Crippen LogP) is 2.33. The van der Waals surface area contributed by atoms with Crippen LogP contribution in [-0.2, 0) is 16.0 Å². The number of ether oxygens (including phenoxy) is 1. The van der Waals surface area contributed by atoms with Gasteiger partial charge in [-0.3, -0.25) is 4.79 Å². The normalized spacial score (nSPS) is 10.2. The topological polar surface area (TPSA) is 46.5 Å². The molecule has 0 heterocycles. The van der Waals surface area contributed by atoms with Gasteiger partial charge in [-0.2, -0.15) is 0 Å². The zero-order valence-corrected chi connectivity index (χ0v) is 10.1. The third-order valence-corrected chi connectivity index (χ3v) is 2.51. The van der Waals surface area contributed by atoms with Crippen LogP contribution in [0, 0.1) is 0 Å². The first-order valence-corrected chi connectivity index (χ1v) is 6.13. The average Bonchev–Trinajstić information content (AvgIpc) is 2.35. The Kier molecular flexibility index (Phi) is 7.07. The molecule has 0 amide bonds. The molecule has 0 aliphatic rings. The summed E-state index contributed by atoms with van der Waals surface area (Å²) in [5.41, 5.74) is 0.984. The van der Waals surface area contributed by atoms with E-state index in [0.717, 1.165) is 31.2 Å². The Morgan fingerprint density at radius 1 is 1.06 bits per heavy atom. The molecule has 3 heteroatoms. The van der Waals surface area contributed by atoms with Gasteiger partial charge in [0, 0.05) is 6.61 Å². The summed E-state index contributed by atoms with van der Waals surface area (Å²) in [6, 6.07) is 9.59. The van der Waals surface area contributed by atoms with Gasteiger partial charge in [0.05, 0.1) is 13.0 Å². The van der Waals surface area contributed by atoms with Crippen molar-refractivity contribution in [3.05, 3.63) is 35.9 Å². The van der Waals surface area contributed by atoms with Gasteiger partial charge in [0.15, 0.2) is 0 Å². The predicted molar refractivity (Wildman–Crippen MR) is 66.7 cm³/mol. The minimum atomic E-state index is -0.168. The van der Waals surface area contributed by atoms with Gasteiger partial charge in [-0.05, 0) is 24.8 Å². The van der Waals surface area contributed by atoms with Crippen LogP contribution in [0.2, 0.25) is 0 Å². The molecule has 0 aliphatic heterocycles. The molecule has 0 saturated carbocycles. The van der Waals surface area contributed by atoms with E-state index in [-0.39, 0.29) is 12.6 Å². The highest BCUT2D eigenvalue weighted by Crippen LogP contribution is 2.03. The van der Waals surface area contributed by atoms with E-state index < -0.39 is 0 Å². The summed E-state index contributed by atoms with van der Waals surface area (Å²) in [5.74, 6) is -0.168. The second-order valence-corrected chi connectivity index (χ2v) is 4.02. The zero-order chi connectivity index (χ0) is 12.3. The van der Waals surface area contributed by atoms with Crippen LogP contribution < -0.4 is 0 Å². The second-order valence-electron chi connectivity index (χ2n) is 4.02. The number of carbonyl (C=O) groups excluding carboxylic acids is 1. The Morgan fingerprint density at radius 3 is 2.47 bits per heavy atom. The lowest BCUT2D eigenvalue weighted by atomic mass is 10.1. The maximum atomic E-state index is 11.4. The number of benzene rings is 1. The van der Waals surface area contributed by atoms with Crippen molar-refractivity contribution in [2.45, 2.75) is 32.1 Å². The molecular formula is C14H20O3. The number of rotatable bonds is 8. The average molecular weight is 236 g/mol. The first-order chi connectivity index (χ1) is 8.33. The fourth-order valence-electron chi connectivity index (χ4n) is 1.57. The van der Waals surface area contributed by atoms with E-state index in [1.165, 1.54) is 0 Å². The third kappa shape index (κ3) is 6.74. The minimum Gasteiger partial charge on any atom is -0.465 e. The molecule has 0 aromatic heterocycles. The molecule has 94 valence electrons. The first kappa shape index (κ1) is 13.7. The van der Waals surface area contributed by atoms with Crippen LogP contribution >= 0.6 is 0 Å². The monoisotopic (exact) mass is 236 g/mol. The molecule has 0 saturated heterocycles. The maximum absolute atomic E-state index is 11.4. The van der Waals surface area contributed by atoms with E-state index in [0.29, 0.717) is 13.0 Å². The van der Waals surface area contributed by atoms with E-state index >= 15 is 0 Å². The highest BCUT2D eigenvalue weighted by Gasteiger charge is 2.03. The van der Waals surface area contributed by atoms with Gasteiger partial charge in [0.1, 0.15) is 0 Å². The molecule has 0 unspecified atom stereocenters. The van der Waals surface area contributed by atoms with Gasteiger partial charge in [-0.15, -0.1) is 0 Å². The maximum Gasteiger partial charge on any atom is 0.310 e. The van der Waals surface area contributed by atoms with Crippen LogP contribution in [0.25, 0.3) is 0 Å². The van der Waals surface area contributed by atoms with Gasteiger partial charge in [-0.25, -0.2) is 0 Å². The molecular weight excluding hydrogens is 216 g/mol. The number of unbranched alkanes of at least 4 members (excludes halogenated alkanes) is 3. The van der Waals surface area contributed by atoms with Gasteiger partial charge < -0.3 is 9.84 Å². The van der Waals surface area contributed by atoms with Crippen molar-refractivity contribution in [2.75, 3.05) is 13.2 Å². The Balaban J connectivity index is 2.06. The van der Waals surface area contributed by atoms with E-state index in [1.54, 1.807) is 0 Å². The van der Waals surface area contributed by atoms with Crippen LogP contribution in [0.3, 0.4) is 0 Å². The lowest BCUT2D eigenvalue weighted by molar-refractivity contribution is -0.142. The molecule has 17 heavy (non-hydrogen) atoms. The van der Waals surface area contributed by atoms with Crippen molar-refractivity contribution < 1.29 is 14.6 Å². The molecule has 0 fully saturated rings. The summed E-state index contributed by atoms with van der Waals surface area (Å²) in [5, 5.41) is 8.59. The standard InChI is InChI=1S/C14H20O3/c15-10-6-1-2-7-11-17-14(16)12-13-8-4-3-5-9-13/h3-5,8-9,15H,1-2,6-7,10-12H2. The molecule has 1 aromatic carbocycles. The number of hydrogen-bond donors (Lipinski definition) is 1. The van der Waals surface area contributed by atoms with Crippen molar-refractivity contribution in [3.8, 4) is 0 Å². The van der Waals surface area contributed by atoms with Gasteiger partial charge in [-0.1, -0.05) is 36.8 Å². The molecule has 3 nitrogen and oxygen atoms in total. The lowest BCUT2D eigenvalue weighted by Crippen LogP contribution is -2.09. The molecule has 0 radical (unpaired) electrons. The fourth-order valence-corrected chi connectivity index (χ4v) is 1.57. The van der Waals surface area contributed by atoms with Crippen molar-refractivity contribution in [1.29, 1.82) is 0 Å². The van der Waals surface area contributed by atoms with Crippen LogP contribution in [0.5, 0.6) is 0 Å². The smallest absolute Gasteiger partial charge is 0.310 e. The van der Waals surface area contributed by atoms with Crippen LogP contribution in [0.1, 0.15) is 31.2 Å². The molecule has 0 spiro atoms. The molecule has 1 N–H and O–H groups in total. The number of esters is 1. The van der Waals surface area contributed by atoms with E-state index in [9.17, 15) is 4.79 Å². The molecule has 0 aliphatic carbocycles. The summed E-state index contributed by atoms with van der Waals surface area (Å²) in [6.45, 7) is 0.727. The fraction of sp³-hybridized carbons (Fsp3) is 0.500. The largest absolute Gasteiger partial charge is 0.465 e. The lowest BCUT2D eigenvalue weighted by Gasteiger charge is -2.04. The highest BCUT2D eigenvalue weighted by atomic mass is 16.5. The quantitative estimate of drug-likeness (QED) is 0.556. The SMILES string of the molecule is O=C(Cc1ccccc1)OCCCCCCO. The Morgan fingerprint density at radius 2 is 1.76 bits per heavy atom.